The van der Waals surface area contributed by atoms with Crippen molar-refractivity contribution in [3.8, 4) is 0 Å². The molecule has 1 saturated heterocycles. The molecule has 23 heavy (non-hydrogen) atoms. The van der Waals surface area contributed by atoms with Crippen LogP contribution in [0.15, 0.2) is 6.33 Å². The average molecular weight is 325 g/mol. The molecular formula is C15H27N5O3. The van der Waals surface area contributed by atoms with Crippen molar-refractivity contribution in [2.24, 2.45) is 5.92 Å². The van der Waals surface area contributed by atoms with Crippen LogP contribution in [0.3, 0.4) is 0 Å². The number of methoxy groups -OCH3 is 1. The van der Waals surface area contributed by atoms with E-state index in [2.05, 4.69) is 15.5 Å². The van der Waals surface area contributed by atoms with Gasteiger partial charge < -0.3 is 24.3 Å². The molecule has 0 bridgehead atoms. The highest BCUT2D eigenvalue weighted by molar-refractivity contribution is 5.73. The summed E-state index contributed by atoms with van der Waals surface area (Å²) in [5.41, 5.74) is 0. The summed E-state index contributed by atoms with van der Waals surface area (Å²) in [5.74, 6) is 1.31. The molecule has 0 aliphatic carbocycles. The van der Waals surface area contributed by atoms with E-state index in [-0.39, 0.29) is 6.03 Å². The van der Waals surface area contributed by atoms with Gasteiger partial charge in [0, 0.05) is 40.5 Å². The third kappa shape index (κ3) is 5.80. The third-order valence-corrected chi connectivity index (χ3v) is 4.04. The molecule has 2 amide bonds. The van der Waals surface area contributed by atoms with Crippen molar-refractivity contribution in [2.75, 3.05) is 40.5 Å². The number of ether oxygens (including phenoxy) is 2. The van der Waals surface area contributed by atoms with Gasteiger partial charge in [-0.05, 0) is 25.2 Å². The number of hydrogen-bond acceptors (Lipinski definition) is 5. The normalized spacial score (nSPS) is 17.9. The van der Waals surface area contributed by atoms with Crippen LogP contribution in [0.25, 0.3) is 0 Å². The summed E-state index contributed by atoms with van der Waals surface area (Å²) in [5, 5.41) is 10.9. The Morgan fingerprint density at radius 2 is 2.48 bits per heavy atom. The highest BCUT2D eigenvalue weighted by Crippen LogP contribution is 2.16. The predicted molar refractivity (Wildman–Crippen MR) is 84.9 cm³/mol. The van der Waals surface area contributed by atoms with Crippen LogP contribution in [0.5, 0.6) is 0 Å². The van der Waals surface area contributed by atoms with Crippen LogP contribution in [0, 0.1) is 5.92 Å². The molecule has 0 saturated carbocycles. The number of nitrogens with one attached hydrogen (secondary N) is 1. The number of hydrogen-bond donors (Lipinski definition) is 1. The van der Waals surface area contributed by atoms with Gasteiger partial charge in [-0.1, -0.05) is 0 Å². The minimum Gasteiger partial charge on any atom is -0.383 e. The molecule has 1 unspecified atom stereocenters. The van der Waals surface area contributed by atoms with E-state index in [0.29, 0.717) is 32.2 Å². The summed E-state index contributed by atoms with van der Waals surface area (Å²) in [6.07, 6.45) is 4.93. The van der Waals surface area contributed by atoms with Gasteiger partial charge in [0.1, 0.15) is 6.33 Å². The molecule has 1 aliphatic rings. The molecule has 1 fully saturated rings. The van der Waals surface area contributed by atoms with E-state index >= 15 is 0 Å². The lowest BCUT2D eigenvalue weighted by atomic mass is 9.99. The van der Waals surface area contributed by atoms with E-state index in [0.717, 1.165) is 31.9 Å². The molecule has 8 nitrogen and oxygen atoms in total. The highest BCUT2D eigenvalue weighted by Gasteiger charge is 2.16. The Kier molecular flexibility index (Phi) is 7.28. The van der Waals surface area contributed by atoms with Crippen molar-refractivity contribution in [1.82, 2.24) is 25.0 Å². The molecule has 1 aromatic rings. The van der Waals surface area contributed by atoms with Crippen LogP contribution >= 0.6 is 0 Å². The predicted octanol–water partition coefficient (Wildman–Crippen LogP) is 0.883. The van der Waals surface area contributed by atoms with E-state index in [1.807, 2.05) is 4.57 Å². The maximum absolute atomic E-state index is 12.1. The van der Waals surface area contributed by atoms with Crippen LogP contribution in [-0.4, -0.2) is 66.2 Å². The summed E-state index contributed by atoms with van der Waals surface area (Å²) in [7, 11) is 3.41. The largest absolute Gasteiger partial charge is 0.383 e. The number of amides is 2. The van der Waals surface area contributed by atoms with Crippen LogP contribution in [0.4, 0.5) is 4.79 Å². The van der Waals surface area contributed by atoms with Crippen molar-refractivity contribution in [3.05, 3.63) is 12.2 Å². The van der Waals surface area contributed by atoms with Crippen LogP contribution < -0.4 is 5.32 Å². The highest BCUT2D eigenvalue weighted by atomic mass is 16.5. The molecule has 130 valence electrons. The van der Waals surface area contributed by atoms with Gasteiger partial charge in [-0.3, -0.25) is 0 Å². The second-order valence-electron chi connectivity index (χ2n) is 5.89. The molecule has 1 N–H and O–H groups in total. The molecule has 8 heteroatoms. The molecule has 2 heterocycles. The monoisotopic (exact) mass is 325 g/mol. The Labute approximate surface area is 137 Å². The maximum Gasteiger partial charge on any atom is 0.317 e. The zero-order chi connectivity index (χ0) is 16.5. The number of urea groups is 1. The van der Waals surface area contributed by atoms with Crippen molar-refractivity contribution in [3.63, 3.8) is 0 Å². The average Bonchev–Trinajstić information content (AvgIpc) is 3.00. The Morgan fingerprint density at radius 3 is 3.22 bits per heavy atom. The summed E-state index contributed by atoms with van der Waals surface area (Å²) >= 11 is 0. The number of carbonyl (C=O) groups is 1. The van der Waals surface area contributed by atoms with E-state index in [4.69, 9.17) is 9.47 Å². The Hall–Kier alpha value is -1.67. The van der Waals surface area contributed by atoms with Gasteiger partial charge in [-0.25, -0.2) is 4.79 Å². The molecule has 0 spiro atoms. The van der Waals surface area contributed by atoms with Crippen molar-refractivity contribution < 1.29 is 14.3 Å². The maximum atomic E-state index is 12.1. The topological polar surface area (TPSA) is 81.5 Å². The number of rotatable bonds is 8. The first-order valence-corrected chi connectivity index (χ1v) is 8.13. The molecule has 1 atom stereocenters. The molecule has 1 aromatic heterocycles. The first-order chi connectivity index (χ1) is 11.2. The Bertz CT molecular complexity index is 473. The standard InChI is InChI=1S/C15H27N5O3/c1-19(10-14-18-17-12-20(14)7-9-22-2)15(21)16-6-5-13-4-3-8-23-11-13/h12-13H,3-11H2,1-2H3,(H,16,21). The number of carbonyl (C=O) groups excluding carboxylic acids is 1. The van der Waals surface area contributed by atoms with Gasteiger partial charge in [-0.2, -0.15) is 0 Å². The minimum atomic E-state index is -0.0944. The smallest absolute Gasteiger partial charge is 0.317 e. The lowest BCUT2D eigenvalue weighted by Gasteiger charge is -2.23. The lowest BCUT2D eigenvalue weighted by Crippen LogP contribution is -2.38. The summed E-state index contributed by atoms with van der Waals surface area (Å²) in [6, 6.07) is -0.0944. The molecule has 0 radical (unpaired) electrons. The summed E-state index contributed by atoms with van der Waals surface area (Å²) < 4.78 is 12.4. The van der Waals surface area contributed by atoms with E-state index in [9.17, 15) is 4.79 Å². The first-order valence-electron chi connectivity index (χ1n) is 8.13. The van der Waals surface area contributed by atoms with Crippen molar-refractivity contribution >= 4 is 6.03 Å². The molecular weight excluding hydrogens is 298 g/mol. The first kappa shape index (κ1) is 17.7. The van der Waals surface area contributed by atoms with Gasteiger partial charge in [0.2, 0.25) is 0 Å². The van der Waals surface area contributed by atoms with Crippen LogP contribution in [-0.2, 0) is 22.6 Å². The van der Waals surface area contributed by atoms with Gasteiger partial charge >= 0.3 is 6.03 Å². The van der Waals surface area contributed by atoms with Gasteiger partial charge in [-0.15, -0.1) is 10.2 Å². The van der Waals surface area contributed by atoms with E-state index in [1.54, 1.807) is 25.4 Å². The molecule has 1 aliphatic heterocycles. The third-order valence-electron chi connectivity index (χ3n) is 4.04. The quantitative estimate of drug-likeness (QED) is 0.767. The van der Waals surface area contributed by atoms with Gasteiger partial charge in [0.15, 0.2) is 5.82 Å². The Morgan fingerprint density at radius 1 is 1.61 bits per heavy atom. The Balaban J connectivity index is 1.70. The summed E-state index contributed by atoms with van der Waals surface area (Å²) in [4.78, 5) is 13.8. The summed E-state index contributed by atoms with van der Waals surface area (Å²) in [6.45, 7) is 4.04. The number of nitrogens with zero attached hydrogens (tertiary/aromatic N) is 4. The van der Waals surface area contributed by atoms with Gasteiger partial charge in [0.05, 0.1) is 13.2 Å². The fourth-order valence-corrected chi connectivity index (χ4v) is 2.61. The van der Waals surface area contributed by atoms with Crippen molar-refractivity contribution in [2.45, 2.75) is 32.4 Å². The van der Waals surface area contributed by atoms with E-state index in [1.165, 1.54) is 6.42 Å². The number of aromatic nitrogens is 3. The van der Waals surface area contributed by atoms with Crippen molar-refractivity contribution in [1.29, 1.82) is 0 Å². The molecule has 0 aromatic carbocycles. The second-order valence-corrected chi connectivity index (χ2v) is 5.89. The minimum absolute atomic E-state index is 0.0944. The zero-order valence-corrected chi connectivity index (χ0v) is 14.0. The lowest BCUT2D eigenvalue weighted by molar-refractivity contribution is 0.0519. The van der Waals surface area contributed by atoms with Crippen LogP contribution in [0.2, 0.25) is 0 Å². The fraction of sp³-hybridized carbons (Fsp3) is 0.800. The van der Waals surface area contributed by atoms with Crippen LogP contribution in [0.1, 0.15) is 25.1 Å². The second kappa shape index (κ2) is 9.46. The molecule has 2 rings (SSSR count). The fourth-order valence-electron chi connectivity index (χ4n) is 2.61. The van der Waals surface area contributed by atoms with E-state index < -0.39 is 0 Å². The SMILES string of the molecule is COCCn1cnnc1CN(C)C(=O)NCCC1CCCOC1. The van der Waals surface area contributed by atoms with Gasteiger partial charge in [0.25, 0.3) is 0 Å². The zero-order valence-electron chi connectivity index (χ0n) is 14.0.